The smallest absolute Gasteiger partial charge is 0.357 e. The second-order valence-corrected chi connectivity index (χ2v) is 4.14. The molecule has 0 unspecified atom stereocenters. The largest absolute Gasteiger partial charge is 0.464 e. The van der Waals surface area contributed by atoms with Gasteiger partial charge in [0.25, 0.3) is 6.43 Å². The van der Waals surface area contributed by atoms with E-state index in [-0.39, 0.29) is 10.2 Å². The fraction of sp³-hybridized carbons (Fsp3) is 0.333. The maximum atomic E-state index is 12.8. The van der Waals surface area contributed by atoms with Crippen molar-refractivity contribution in [1.29, 1.82) is 0 Å². The number of methoxy groups -OCH3 is 1. The second-order valence-electron chi connectivity index (χ2n) is 2.79. The average Bonchev–Trinajstić information content (AvgIpc) is 2.26. The van der Waals surface area contributed by atoms with E-state index in [9.17, 15) is 13.6 Å². The van der Waals surface area contributed by atoms with Crippen molar-refractivity contribution < 1.29 is 18.3 Å². The molecular weight excluding hydrogens is 352 g/mol. The van der Waals surface area contributed by atoms with E-state index in [2.05, 4.69) is 41.6 Å². The van der Waals surface area contributed by atoms with E-state index in [1.807, 2.05) is 0 Å². The molecule has 16 heavy (non-hydrogen) atoms. The van der Waals surface area contributed by atoms with Crippen LogP contribution in [0, 0.1) is 0 Å². The molecule has 0 radical (unpaired) electrons. The van der Waals surface area contributed by atoms with Gasteiger partial charge in [-0.1, -0.05) is 15.9 Å². The van der Waals surface area contributed by atoms with Crippen molar-refractivity contribution in [2.45, 2.75) is 11.8 Å². The predicted octanol–water partition coefficient (Wildman–Crippen LogP) is 3.46. The number of esters is 1. The zero-order chi connectivity index (χ0) is 12.3. The summed E-state index contributed by atoms with van der Waals surface area (Å²) < 4.78 is 30.2. The van der Waals surface area contributed by atoms with Crippen molar-refractivity contribution in [3.05, 3.63) is 27.5 Å². The molecule has 0 aromatic carbocycles. The Labute approximate surface area is 107 Å². The third kappa shape index (κ3) is 2.57. The Morgan fingerprint density at radius 1 is 1.62 bits per heavy atom. The van der Waals surface area contributed by atoms with Crippen LogP contribution in [0.4, 0.5) is 8.78 Å². The molecule has 1 rings (SSSR count). The topological polar surface area (TPSA) is 39.2 Å². The lowest BCUT2D eigenvalue weighted by Crippen LogP contribution is -2.10. The normalized spacial score (nSPS) is 10.6. The first-order valence-electron chi connectivity index (χ1n) is 4.12. The molecule has 0 bridgehead atoms. The first-order chi connectivity index (χ1) is 7.52. The molecule has 0 spiro atoms. The average molecular weight is 359 g/mol. The van der Waals surface area contributed by atoms with Gasteiger partial charge < -0.3 is 4.74 Å². The summed E-state index contributed by atoms with van der Waals surface area (Å²) in [5.41, 5.74) is -0.263. The van der Waals surface area contributed by atoms with Crippen LogP contribution < -0.4 is 0 Å². The lowest BCUT2D eigenvalue weighted by Gasteiger charge is -2.10. The molecule has 0 aliphatic rings. The summed E-state index contributed by atoms with van der Waals surface area (Å²) in [6.07, 6.45) is -1.45. The summed E-state index contributed by atoms with van der Waals surface area (Å²) >= 11 is 6.17. The molecule has 0 aliphatic carbocycles. The Bertz CT molecular complexity index is 413. The van der Waals surface area contributed by atoms with Crippen molar-refractivity contribution in [3.63, 3.8) is 0 Å². The van der Waals surface area contributed by atoms with Gasteiger partial charge in [0.2, 0.25) is 0 Å². The molecule has 0 saturated carbocycles. The standard InChI is InChI=1S/C9H7Br2F2NO2/c1-16-9(15)7-5(8(12)13)6(11)4(2-10)3-14-7/h3,8H,2H2,1H3. The van der Waals surface area contributed by atoms with Gasteiger partial charge in [-0.3, -0.25) is 0 Å². The molecule has 0 saturated heterocycles. The monoisotopic (exact) mass is 357 g/mol. The van der Waals surface area contributed by atoms with Gasteiger partial charge in [-0.2, -0.15) is 0 Å². The molecule has 1 aromatic heterocycles. The van der Waals surface area contributed by atoms with Gasteiger partial charge in [-0.05, 0) is 21.5 Å². The summed E-state index contributed by atoms with van der Waals surface area (Å²) in [5.74, 6) is -0.878. The van der Waals surface area contributed by atoms with Crippen LogP contribution in [-0.2, 0) is 10.1 Å². The Morgan fingerprint density at radius 3 is 2.69 bits per heavy atom. The van der Waals surface area contributed by atoms with Gasteiger partial charge in [-0.15, -0.1) is 0 Å². The molecular formula is C9H7Br2F2NO2. The van der Waals surface area contributed by atoms with Crippen LogP contribution in [0.2, 0.25) is 0 Å². The molecule has 0 aliphatic heterocycles. The van der Waals surface area contributed by atoms with Crippen molar-refractivity contribution in [2.75, 3.05) is 7.11 Å². The number of pyridine rings is 1. The Hall–Kier alpha value is -0.560. The maximum Gasteiger partial charge on any atom is 0.357 e. The lowest BCUT2D eigenvalue weighted by molar-refractivity contribution is 0.0581. The van der Waals surface area contributed by atoms with E-state index in [1.165, 1.54) is 6.20 Å². The number of rotatable bonds is 3. The van der Waals surface area contributed by atoms with E-state index in [4.69, 9.17) is 0 Å². The highest BCUT2D eigenvalue weighted by Crippen LogP contribution is 2.33. The fourth-order valence-electron chi connectivity index (χ4n) is 1.10. The van der Waals surface area contributed by atoms with Crippen LogP contribution >= 0.6 is 31.9 Å². The van der Waals surface area contributed by atoms with Gasteiger partial charge in [0.1, 0.15) is 0 Å². The predicted molar refractivity (Wildman–Crippen MR) is 60.9 cm³/mol. The van der Waals surface area contributed by atoms with Gasteiger partial charge in [0.05, 0.1) is 12.7 Å². The number of halogens is 4. The highest BCUT2D eigenvalue weighted by atomic mass is 79.9. The maximum absolute atomic E-state index is 12.8. The van der Waals surface area contributed by atoms with E-state index in [0.29, 0.717) is 10.9 Å². The molecule has 0 atom stereocenters. The lowest BCUT2D eigenvalue weighted by atomic mass is 10.1. The highest BCUT2D eigenvalue weighted by Gasteiger charge is 2.25. The number of ether oxygens (including phenoxy) is 1. The van der Waals surface area contributed by atoms with Gasteiger partial charge in [0.15, 0.2) is 5.69 Å². The summed E-state index contributed by atoms with van der Waals surface area (Å²) in [7, 11) is 1.12. The van der Waals surface area contributed by atoms with Crippen molar-refractivity contribution in [3.8, 4) is 0 Å². The molecule has 1 aromatic rings. The second kappa shape index (κ2) is 5.67. The number of carbonyl (C=O) groups is 1. The molecule has 3 nitrogen and oxygen atoms in total. The van der Waals surface area contributed by atoms with Crippen molar-refractivity contribution >= 4 is 37.8 Å². The number of nitrogens with zero attached hydrogens (tertiary/aromatic N) is 1. The van der Waals surface area contributed by atoms with Crippen LogP contribution in [-0.4, -0.2) is 18.1 Å². The summed E-state index contributed by atoms with van der Waals surface area (Å²) in [6, 6.07) is 0. The van der Waals surface area contributed by atoms with Crippen LogP contribution in [0.25, 0.3) is 0 Å². The van der Waals surface area contributed by atoms with Crippen LogP contribution in [0.3, 0.4) is 0 Å². The van der Waals surface area contributed by atoms with Crippen molar-refractivity contribution in [2.24, 2.45) is 0 Å². The van der Waals surface area contributed by atoms with E-state index in [0.717, 1.165) is 7.11 Å². The van der Waals surface area contributed by atoms with Crippen LogP contribution in [0.1, 0.15) is 28.0 Å². The molecule has 88 valence electrons. The number of hydrogen-bond donors (Lipinski definition) is 0. The number of hydrogen-bond acceptors (Lipinski definition) is 3. The Morgan fingerprint density at radius 2 is 2.25 bits per heavy atom. The number of carbonyl (C=O) groups excluding carboxylic acids is 1. The molecule has 0 amide bonds. The number of aromatic nitrogens is 1. The van der Waals surface area contributed by atoms with E-state index < -0.39 is 18.0 Å². The molecule has 0 N–H and O–H groups in total. The molecule has 1 heterocycles. The number of alkyl halides is 3. The van der Waals surface area contributed by atoms with E-state index >= 15 is 0 Å². The first-order valence-corrected chi connectivity index (χ1v) is 6.04. The third-order valence-corrected chi connectivity index (χ3v) is 3.40. The first kappa shape index (κ1) is 13.5. The van der Waals surface area contributed by atoms with Gasteiger partial charge in [-0.25, -0.2) is 18.6 Å². The zero-order valence-electron chi connectivity index (χ0n) is 8.14. The quantitative estimate of drug-likeness (QED) is 0.613. The summed E-state index contributed by atoms with van der Waals surface area (Å²) in [6.45, 7) is 0. The van der Waals surface area contributed by atoms with E-state index in [1.54, 1.807) is 0 Å². The molecule has 0 fully saturated rings. The third-order valence-electron chi connectivity index (χ3n) is 1.86. The minimum atomic E-state index is -2.80. The Kier molecular flexibility index (Phi) is 4.79. The summed E-state index contributed by atoms with van der Waals surface area (Å²) in [5, 5.41) is 0.363. The van der Waals surface area contributed by atoms with Gasteiger partial charge in [0, 0.05) is 16.0 Å². The van der Waals surface area contributed by atoms with Crippen molar-refractivity contribution in [1.82, 2.24) is 4.98 Å². The van der Waals surface area contributed by atoms with Crippen LogP contribution in [0.15, 0.2) is 10.7 Å². The minimum absolute atomic E-state index is 0.176. The summed E-state index contributed by atoms with van der Waals surface area (Å²) in [4.78, 5) is 14.9. The molecule has 7 heteroatoms. The fourth-order valence-corrected chi connectivity index (χ4v) is 2.50. The zero-order valence-corrected chi connectivity index (χ0v) is 11.3. The Balaban J connectivity index is 3.40. The van der Waals surface area contributed by atoms with Crippen LogP contribution in [0.5, 0.6) is 0 Å². The van der Waals surface area contributed by atoms with Gasteiger partial charge >= 0.3 is 5.97 Å². The SMILES string of the molecule is COC(=O)c1ncc(CBr)c(Br)c1C(F)F. The highest BCUT2D eigenvalue weighted by molar-refractivity contribution is 9.10. The minimum Gasteiger partial charge on any atom is -0.464 e.